The lowest BCUT2D eigenvalue weighted by Gasteiger charge is -2.13. The minimum Gasteiger partial charge on any atom is -0.488 e. The number of esters is 1. The van der Waals surface area contributed by atoms with Crippen molar-refractivity contribution >= 4 is 17.6 Å². The van der Waals surface area contributed by atoms with Gasteiger partial charge in [-0.25, -0.2) is 9.59 Å². The SMILES string of the molecule is Cn1c(COC(=O)c2ccccc2OCc2ccc(Cl)cc2)cc(=O)n(C)c1=O. The van der Waals surface area contributed by atoms with Crippen LogP contribution in [0.25, 0.3) is 0 Å². The Hall–Kier alpha value is -3.32. The zero-order valence-corrected chi connectivity index (χ0v) is 16.7. The fourth-order valence-corrected chi connectivity index (χ4v) is 2.76. The van der Waals surface area contributed by atoms with Gasteiger partial charge in [0.1, 0.15) is 24.5 Å². The molecule has 1 heterocycles. The Kier molecular flexibility index (Phi) is 6.19. The van der Waals surface area contributed by atoms with Crippen LogP contribution < -0.4 is 16.0 Å². The molecule has 0 aliphatic carbocycles. The molecule has 0 atom stereocenters. The number of hydrogen-bond acceptors (Lipinski definition) is 5. The van der Waals surface area contributed by atoms with Crippen LogP contribution in [0.2, 0.25) is 5.02 Å². The molecule has 8 heteroatoms. The Morgan fingerprint density at radius 1 is 0.966 bits per heavy atom. The second kappa shape index (κ2) is 8.79. The van der Waals surface area contributed by atoms with Gasteiger partial charge in [0.05, 0.1) is 5.69 Å². The number of carbonyl (C=O) groups excluding carboxylic acids is 1. The highest BCUT2D eigenvalue weighted by Gasteiger charge is 2.15. The van der Waals surface area contributed by atoms with Gasteiger partial charge in [-0.1, -0.05) is 35.9 Å². The number of carbonyl (C=O) groups is 1. The fraction of sp³-hybridized carbons (Fsp3) is 0.190. The normalized spacial score (nSPS) is 10.6. The maximum atomic E-state index is 12.6. The van der Waals surface area contributed by atoms with Gasteiger partial charge in [0, 0.05) is 25.2 Å². The van der Waals surface area contributed by atoms with E-state index in [-0.39, 0.29) is 18.8 Å². The highest BCUT2D eigenvalue weighted by molar-refractivity contribution is 6.30. The predicted molar refractivity (Wildman–Crippen MR) is 108 cm³/mol. The number of nitrogens with zero attached hydrogens (tertiary/aromatic N) is 2. The van der Waals surface area contributed by atoms with Gasteiger partial charge in [0.25, 0.3) is 5.56 Å². The van der Waals surface area contributed by atoms with Crippen molar-refractivity contribution < 1.29 is 14.3 Å². The number of rotatable bonds is 6. The van der Waals surface area contributed by atoms with Crippen molar-refractivity contribution in [1.29, 1.82) is 0 Å². The summed E-state index contributed by atoms with van der Waals surface area (Å²) >= 11 is 5.88. The molecule has 0 N–H and O–H groups in total. The summed E-state index contributed by atoms with van der Waals surface area (Å²) in [4.78, 5) is 36.3. The molecule has 0 amide bonds. The van der Waals surface area contributed by atoms with Gasteiger partial charge in [-0.3, -0.25) is 13.9 Å². The lowest BCUT2D eigenvalue weighted by molar-refractivity contribution is 0.0457. The van der Waals surface area contributed by atoms with Crippen LogP contribution in [0.3, 0.4) is 0 Å². The van der Waals surface area contributed by atoms with E-state index in [9.17, 15) is 14.4 Å². The summed E-state index contributed by atoms with van der Waals surface area (Å²) in [6, 6.07) is 15.1. The minimum atomic E-state index is -0.621. The number of ether oxygens (including phenoxy) is 2. The fourth-order valence-electron chi connectivity index (χ4n) is 2.64. The van der Waals surface area contributed by atoms with E-state index >= 15 is 0 Å². The van der Waals surface area contributed by atoms with Crippen LogP contribution in [0.4, 0.5) is 0 Å². The largest absolute Gasteiger partial charge is 0.488 e. The molecule has 0 spiro atoms. The van der Waals surface area contributed by atoms with Crippen LogP contribution in [0.15, 0.2) is 64.2 Å². The molecular weight excluding hydrogens is 396 g/mol. The summed E-state index contributed by atoms with van der Waals surface area (Å²) in [5, 5.41) is 0.628. The van der Waals surface area contributed by atoms with Crippen molar-refractivity contribution in [2.45, 2.75) is 13.2 Å². The van der Waals surface area contributed by atoms with Gasteiger partial charge >= 0.3 is 11.7 Å². The van der Waals surface area contributed by atoms with Crippen LogP contribution in [0.5, 0.6) is 5.75 Å². The van der Waals surface area contributed by atoms with E-state index < -0.39 is 17.2 Å². The molecule has 0 aliphatic rings. The topological polar surface area (TPSA) is 79.5 Å². The van der Waals surface area contributed by atoms with Gasteiger partial charge in [-0.05, 0) is 29.8 Å². The standard InChI is InChI=1S/C21H19ClN2O5/c1-23-16(11-19(25)24(2)21(23)27)13-29-20(26)17-5-3-4-6-18(17)28-12-14-7-9-15(22)10-8-14/h3-11H,12-13H2,1-2H3. The molecule has 0 saturated carbocycles. The lowest BCUT2D eigenvalue weighted by atomic mass is 10.2. The molecule has 1 aromatic heterocycles. The summed E-state index contributed by atoms with van der Waals surface area (Å²) in [6.07, 6.45) is 0. The number of aromatic nitrogens is 2. The van der Waals surface area contributed by atoms with E-state index in [1.807, 2.05) is 12.1 Å². The number of hydrogen-bond donors (Lipinski definition) is 0. The second-order valence-electron chi connectivity index (χ2n) is 6.36. The van der Waals surface area contributed by atoms with Crippen molar-refractivity contribution in [3.05, 3.63) is 97.3 Å². The minimum absolute atomic E-state index is 0.216. The molecule has 3 rings (SSSR count). The third-order valence-electron chi connectivity index (χ3n) is 4.39. The summed E-state index contributed by atoms with van der Waals surface area (Å²) in [7, 11) is 2.89. The summed E-state index contributed by atoms with van der Waals surface area (Å²) in [6.45, 7) is 0.0386. The first-order chi connectivity index (χ1) is 13.9. The highest BCUT2D eigenvalue weighted by atomic mass is 35.5. The summed E-state index contributed by atoms with van der Waals surface area (Å²) in [5.74, 6) is -0.254. The maximum absolute atomic E-state index is 12.6. The predicted octanol–water partition coefficient (Wildman–Crippen LogP) is 2.67. The first-order valence-electron chi connectivity index (χ1n) is 8.76. The van der Waals surface area contributed by atoms with Gasteiger partial charge in [-0.2, -0.15) is 0 Å². The lowest BCUT2D eigenvalue weighted by Crippen LogP contribution is -2.38. The second-order valence-corrected chi connectivity index (χ2v) is 6.80. The highest BCUT2D eigenvalue weighted by Crippen LogP contribution is 2.21. The molecule has 0 fully saturated rings. The third kappa shape index (κ3) is 4.75. The van der Waals surface area contributed by atoms with Crippen LogP contribution in [-0.4, -0.2) is 15.1 Å². The first-order valence-corrected chi connectivity index (χ1v) is 9.14. The van der Waals surface area contributed by atoms with E-state index in [4.69, 9.17) is 21.1 Å². The van der Waals surface area contributed by atoms with E-state index in [0.29, 0.717) is 16.5 Å². The molecule has 150 valence electrons. The molecule has 3 aromatic rings. The monoisotopic (exact) mass is 414 g/mol. The number of benzene rings is 2. The van der Waals surface area contributed by atoms with Gasteiger partial charge in [-0.15, -0.1) is 0 Å². The molecule has 0 bridgehead atoms. The van der Waals surface area contributed by atoms with E-state index in [2.05, 4.69) is 0 Å². The molecule has 0 aliphatic heterocycles. The van der Waals surface area contributed by atoms with E-state index in [0.717, 1.165) is 10.1 Å². The van der Waals surface area contributed by atoms with Crippen LogP contribution in [-0.2, 0) is 32.0 Å². The Balaban J connectivity index is 1.72. The smallest absolute Gasteiger partial charge is 0.342 e. The van der Waals surface area contributed by atoms with Crippen molar-refractivity contribution in [3.63, 3.8) is 0 Å². The van der Waals surface area contributed by atoms with Crippen LogP contribution in [0, 0.1) is 0 Å². The summed E-state index contributed by atoms with van der Waals surface area (Å²) < 4.78 is 13.3. The van der Waals surface area contributed by atoms with E-state index in [1.54, 1.807) is 36.4 Å². The van der Waals surface area contributed by atoms with Crippen LogP contribution >= 0.6 is 11.6 Å². The Morgan fingerprint density at radius 3 is 2.38 bits per heavy atom. The molecule has 29 heavy (non-hydrogen) atoms. The first kappa shape index (κ1) is 20.4. The van der Waals surface area contributed by atoms with E-state index in [1.165, 1.54) is 24.7 Å². The zero-order chi connectivity index (χ0) is 21.0. The van der Waals surface area contributed by atoms with Crippen molar-refractivity contribution in [1.82, 2.24) is 9.13 Å². The Morgan fingerprint density at radius 2 is 1.66 bits per heavy atom. The number of halogens is 1. The van der Waals surface area contributed by atoms with Gasteiger partial charge in [0.2, 0.25) is 0 Å². The molecule has 2 aromatic carbocycles. The van der Waals surface area contributed by atoms with Gasteiger partial charge < -0.3 is 9.47 Å². The summed E-state index contributed by atoms with van der Waals surface area (Å²) in [5.41, 5.74) is 0.482. The molecule has 7 nitrogen and oxygen atoms in total. The van der Waals surface area contributed by atoms with Crippen molar-refractivity contribution in [2.24, 2.45) is 14.1 Å². The quantitative estimate of drug-likeness (QED) is 0.579. The number of para-hydroxylation sites is 1. The van der Waals surface area contributed by atoms with Gasteiger partial charge in [0.15, 0.2) is 0 Å². The third-order valence-corrected chi connectivity index (χ3v) is 4.64. The molecule has 0 radical (unpaired) electrons. The molecule has 0 unspecified atom stereocenters. The maximum Gasteiger partial charge on any atom is 0.342 e. The Bertz CT molecular complexity index is 1150. The average Bonchev–Trinajstić information content (AvgIpc) is 2.73. The average molecular weight is 415 g/mol. The molecular formula is C21H19ClN2O5. The van der Waals surface area contributed by atoms with Crippen LogP contribution in [0.1, 0.15) is 21.6 Å². The van der Waals surface area contributed by atoms with Crippen molar-refractivity contribution in [3.8, 4) is 5.75 Å². The van der Waals surface area contributed by atoms with Crippen molar-refractivity contribution in [2.75, 3.05) is 0 Å². The zero-order valence-electron chi connectivity index (χ0n) is 15.9. The Labute approximate surface area is 171 Å². The molecule has 0 saturated heterocycles.